The zero-order valence-electron chi connectivity index (χ0n) is 15.4. The molecule has 2 fully saturated rings. The summed E-state index contributed by atoms with van der Waals surface area (Å²) in [5.41, 5.74) is -0.367. The smallest absolute Gasteiger partial charge is 0.278 e. The summed E-state index contributed by atoms with van der Waals surface area (Å²) in [5.74, 6) is 0. The highest BCUT2D eigenvalue weighted by molar-refractivity contribution is 5.68. The molecule has 0 bridgehead atoms. The van der Waals surface area contributed by atoms with Crippen LogP contribution in [0.25, 0.3) is 11.2 Å². The van der Waals surface area contributed by atoms with Crippen molar-refractivity contribution in [3.8, 4) is 0 Å². The first-order valence-corrected chi connectivity index (χ1v) is 9.18. The fraction of sp³-hybridized carbons (Fsp3) is 0.688. The summed E-state index contributed by atoms with van der Waals surface area (Å²) in [7, 11) is 0. The first kappa shape index (κ1) is 21.2. The maximum Gasteiger partial charge on any atom is 0.278 e. The molecule has 0 aromatic carbocycles. The Morgan fingerprint density at radius 1 is 1.00 bits per heavy atom. The molecule has 2 aromatic rings. The van der Waals surface area contributed by atoms with E-state index < -0.39 is 74.0 Å². The van der Waals surface area contributed by atoms with Crippen molar-refractivity contribution in [1.82, 2.24) is 19.5 Å². The third-order valence-corrected chi connectivity index (χ3v) is 5.27. The largest absolute Gasteiger partial charge is 0.394 e. The van der Waals surface area contributed by atoms with E-state index in [-0.39, 0.29) is 11.2 Å². The number of nitrogens with one attached hydrogen (secondary N) is 1. The number of nitrogens with zero attached hydrogens (tertiary/aromatic N) is 3. The van der Waals surface area contributed by atoms with Crippen LogP contribution in [0.15, 0.2) is 17.4 Å². The third kappa shape index (κ3) is 3.41. The van der Waals surface area contributed by atoms with Gasteiger partial charge in [0.1, 0.15) is 42.7 Å². The summed E-state index contributed by atoms with van der Waals surface area (Å²) in [4.78, 5) is 22.3. The van der Waals surface area contributed by atoms with Gasteiger partial charge in [0.15, 0.2) is 23.7 Å². The maximum absolute atomic E-state index is 11.9. The van der Waals surface area contributed by atoms with Crippen LogP contribution in [0.3, 0.4) is 0 Å². The summed E-state index contributed by atoms with van der Waals surface area (Å²) >= 11 is 0. The van der Waals surface area contributed by atoms with Gasteiger partial charge >= 0.3 is 0 Å². The minimum Gasteiger partial charge on any atom is -0.394 e. The lowest BCUT2D eigenvalue weighted by Crippen LogP contribution is -2.60. The van der Waals surface area contributed by atoms with E-state index in [1.165, 1.54) is 10.9 Å². The quantitative estimate of drug-likeness (QED) is 0.239. The van der Waals surface area contributed by atoms with Gasteiger partial charge in [0.2, 0.25) is 0 Å². The molecule has 0 spiro atoms. The highest BCUT2D eigenvalue weighted by atomic mass is 16.7. The lowest BCUT2D eigenvalue weighted by molar-refractivity contribution is -0.320. The number of aliphatic hydroxyl groups excluding tert-OH is 6. The van der Waals surface area contributed by atoms with Crippen LogP contribution < -0.4 is 5.56 Å². The topological polar surface area (TPSA) is 213 Å². The van der Waals surface area contributed by atoms with Gasteiger partial charge in [-0.05, 0) is 0 Å². The Morgan fingerprint density at radius 2 is 1.70 bits per heavy atom. The number of fused-ring (bicyclic) bond motifs is 1. The highest BCUT2D eigenvalue weighted by Crippen LogP contribution is 2.35. The van der Waals surface area contributed by atoms with Crippen LogP contribution in [0.1, 0.15) is 6.23 Å². The zero-order valence-corrected chi connectivity index (χ0v) is 15.4. The monoisotopic (exact) mass is 430 g/mol. The molecule has 4 heterocycles. The second kappa shape index (κ2) is 8.26. The fourth-order valence-corrected chi connectivity index (χ4v) is 3.62. The molecular weight excluding hydrogens is 408 g/mol. The molecule has 4 rings (SSSR count). The number of aliphatic hydroxyl groups is 6. The molecule has 166 valence electrons. The van der Waals surface area contributed by atoms with Crippen molar-refractivity contribution in [2.45, 2.75) is 55.2 Å². The van der Waals surface area contributed by atoms with E-state index >= 15 is 0 Å². The lowest BCUT2D eigenvalue weighted by Gasteiger charge is -2.41. The summed E-state index contributed by atoms with van der Waals surface area (Å²) in [6.07, 6.45) is -10.2. The van der Waals surface area contributed by atoms with Crippen LogP contribution in [0, 0.1) is 0 Å². The number of hydrogen-bond acceptors (Lipinski definition) is 12. The molecule has 2 saturated heterocycles. The lowest BCUT2D eigenvalue weighted by atomic mass is 9.99. The molecule has 14 heteroatoms. The van der Waals surface area contributed by atoms with Gasteiger partial charge in [0, 0.05) is 0 Å². The average Bonchev–Trinajstić information content (AvgIpc) is 3.30. The van der Waals surface area contributed by atoms with Crippen LogP contribution in [0.2, 0.25) is 0 Å². The Morgan fingerprint density at radius 3 is 2.40 bits per heavy atom. The molecule has 0 saturated carbocycles. The van der Waals surface area contributed by atoms with E-state index in [0.717, 1.165) is 6.33 Å². The molecule has 30 heavy (non-hydrogen) atoms. The Bertz CT molecular complexity index is 934. The van der Waals surface area contributed by atoms with Crippen molar-refractivity contribution < 1.29 is 44.8 Å². The minimum atomic E-state index is -1.70. The molecule has 0 amide bonds. The van der Waals surface area contributed by atoms with Gasteiger partial charge in [0.05, 0.1) is 25.9 Å². The van der Waals surface area contributed by atoms with Gasteiger partial charge in [-0.1, -0.05) is 0 Å². The highest BCUT2D eigenvalue weighted by Gasteiger charge is 2.51. The third-order valence-electron chi connectivity index (χ3n) is 5.27. The van der Waals surface area contributed by atoms with Gasteiger partial charge in [-0.2, -0.15) is 0 Å². The number of rotatable bonds is 5. The van der Waals surface area contributed by atoms with Crippen LogP contribution in [0.4, 0.5) is 0 Å². The van der Waals surface area contributed by atoms with Crippen LogP contribution in [-0.2, 0) is 14.2 Å². The molecular formula is C16H22N4O10. The summed E-state index contributed by atoms with van der Waals surface area (Å²) in [5, 5.41) is 59.5. The van der Waals surface area contributed by atoms with E-state index in [1.807, 2.05) is 0 Å². The van der Waals surface area contributed by atoms with Gasteiger partial charge in [0.25, 0.3) is 5.56 Å². The predicted molar refractivity (Wildman–Crippen MR) is 93.8 cm³/mol. The van der Waals surface area contributed by atoms with E-state index in [0.29, 0.717) is 0 Å². The Kier molecular flexibility index (Phi) is 5.84. The maximum atomic E-state index is 11.9. The molecule has 2 aliphatic rings. The number of aromatic nitrogens is 4. The van der Waals surface area contributed by atoms with Crippen molar-refractivity contribution in [2.24, 2.45) is 0 Å². The normalized spacial score (nSPS) is 39.6. The molecule has 7 N–H and O–H groups in total. The first-order valence-electron chi connectivity index (χ1n) is 9.18. The number of aromatic amines is 1. The molecule has 0 aliphatic carbocycles. The second-order valence-electron chi connectivity index (χ2n) is 7.09. The number of hydrogen-bond donors (Lipinski definition) is 7. The molecule has 0 unspecified atom stereocenters. The molecule has 2 aromatic heterocycles. The SMILES string of the molecule is O=c1[nH]cnc2c1ncn2[C@@H]1O[C@H](CO)[C@@H](O)[C@H]1O[C@H]1O[C@H](CO)[C@@H](O)[C@H](O)[C@H]1O. The van der Waals surface area contributed by atoms with Crippen LogP contribution >= 0.6 is 0 Å². The van der Waals surface area contributed by atoms with Gasteiger partial charge in [-0.15, -0.1) is 0 Å². The van der Waals surface area contributed by atoms with E-state index in [2.05, 4.69) is 15.0 Å². The van der Waals surface area contributed by atoms with Gasteiger partial charge in [-0.25, -0.2) is 9.97 Å². The first-order chi connectivity index (χ1) is 14.4. The second-order valence-corrected chi connectivity index (χ2v) is 7.09. The zero-order chi connectivity index (χ0) is 21.6. The van der Waals surface area contributed by atoms with E-state index in [4.69, 9.17) is 14.2 Å². The Hall–Kier alpha value is -2.01. The Balaban J connectivity index is 1.65. The average molecular weight is 430 g/mol. The molecule has 14 nitrogen and oxygen atoms in total. The minimum absolute atomic E-state index is 0.00892. The van der Waals surface area contributed by atoms with Gasteiger partial charge in [-0.3, -0.25) is 9.36 Å². The van der Waals surface area contributed by atoms with Crippen LogP contribution in [0.5, 0.6) is 0 Å². The summed E-state index contributed by atoms with van der Waals surface area (Å²) in [6.45, 7) is -1.22. The standard InChI is InChI=1S/C16H22N4O10/c21-1-5-8(23)10(25)11(26)16(29-5)30-12-9(24)6(2-22)28-15(12)20-4-19-7-13(20)17-3-18-14(7)27/h3-6,8-12,15-16,21-26H,1-2H2,(H,17,18,27)/t5-,6-,8-,9-,10+,11-,12-,15-,16-/m1/s1. The summed E-state index contributed by atoms with van der Waals surface area (Å²) in [6, 6.07) is 0. The van der Waals surface area contributed by atoms with Crippen molar-refractivity contribution in [1.29, 1.82) is 0 Å². The molecule has 2 aliphatic heterocycles. The summed E-state index contributed by atoms with van der Waals surface area (Å²) < 4.78 is 18.0. The molecule has 0 radical (unpaired) electrons. The van der Waals surface area contributed by atoms with Crippen LogP contribution in [-0.4, -0.2) is 112 Å². The van der Waals surface area contributed by atoms with E-state index in [9.17, 15) is 35.4 Å². The van der Waals surface area contributed by atoms with Crippen molar-refractivity contribution in [3.05, 3.63) is 23.0 Å². The number of H-pyrrole nitrogens is 1. The predicted octanol–water partition coefficient (Wildman–Crippen LogP) is -4.44. The fourth-order valence-electron chi connectivity index (χ4n) is 3.62. The van der Waals surface area contributed by atoms with Crippen molar-refractivity contribution >= 4 is 11.2 Å². The Labute approximate surface area is 167 Å². The van der Waals surface area contributed by atoms with Crippen molar-refractivity contribution in [3.63, 3.8) is 0 Å². The van der Waals surface area contributed by atoms with E-state index in [1.54, 1.807) is 0 Å². The van der Waals surface area contributed by atoms with Gasteiger partial charge < -0.3 is 49.8 Å². The van der Waals surface area contributed by atoms with Crippen molar-refractivity contribution in [2.75, 3.05) is 13.2 Å². The number of imidazole rings is 1. The molecule has 9 atom stereocenters. The number of ether oxygens (including phenoxy) is 3.